The van der Waals surface area contributed by atoms with Crippen LogP contribution in [0.3, 0.4) is 0 Å². The lowest BCUT2D eigenvalue weighted by molar-refractivity contribution is -0.121. The number of aromatic carboxylic acids is 1. The summed E-state index contributed by atoms with van der Waals surface area (Å²) in [4.78, 5) is 27.5. The molecule has 1 unspecified atom stereocenters. The van der Waals surface area contributed by atoms with Crippen LogP contribution in [0.2, 0.25) is 0 Å². The van der Waals surface area contributed by atoms with Crippen LogP contribution in [-0.2, 0) is 4.79 Å². The Morgan fingerprint density at radius 1 is 1.32 bits per heavy atom. The number of benzene rings is 1. The fraction of sp³-hybridized carbons (Fsp3) is 0.389. The molecule has 0 spiro atoms. The SMILES string of the molecule is Cc1ccccc1OCCCC(=O)NC(C)c1nc(C)c(C(=O)O)s1. The maximum atomic E-state index is 12.0. The minimum absolute atomic E-state index is 0.106. The molecule has 2 N–H and O–H groups in total. The van der Waals surface area contributed by atoms with Crippen LogP contribution in [-0.4, -0.2) is 28.6 Å². The van der Waals surface area contributed by atoms with E-state index in [-0.39, 0.29) is 16.8 Å². The molecule has 0 aliphatic carbocycles. The highest BCUT2D eigenvalue weighted by atomic mass is 32.1. The van der Waals surface area contributed by atoms with Gasteiger partial charge in [-0.3, -0.25) is 4.79 Å². The van der Waals surface area contributed by atoms with Crippen molar-refractivity contribution < 1.29 is 19.4 Å². The molecule has 0 fully saturated rings. The lowest BCUT2D eigenvalue weighted by atomic mass is 10.2. The van der Waals surface area contributed by atoms with Crippen molar-refractivity contribution in [3.05, 3.63) is 45.4 Å². The summed E-state index contributed by atoms with van der Waals surface area (Å²) in [6, 6.07) is 7.43. The molecule has 1 atom stereocenters. The topological polar surface area (TPSA) is 88.5 Å². The lowest BCUT2D eigenvalue weighted by Gasteiger charge is -2.12. The molecule has 0 radical (unpaired) electrons. The van der Waals surface area contributed by atoms with Crippen molar-refractivity contribution in [3.8, 4) is 5.75 Å². The number of carboxylic acids is 1. The third-order valence-corrected chi connectivity index (χ3v) is 4.98. The van der Waals surface area contributed by atoms with E-state index in [4.69, 9.17) is 9.84 Å². The summed E-state index contributed by atoms with van der Waals surface area (Å²) in [5, 5.41) is 12.5. The van der Waals surface area contributed by atoms with Gasteiger partial charge in [-0.1, -0.05) is 18.2 Å². The molecule has 134 valence electrons. The normalized spacial score (nSPS) is 11.8. The zero-order chi connectivity index (χ0) is 18.4. The molecule has 0 saturated carbocycles. The van der Waals surface area contributed by atoms with Crippen LogP contribution in [0.1, 0.15) is 51.7 Å². The fourth-order valence-electron chi connectivity index (χ4n) is 2.31. The number of carbonyl (C=O) groups excluding carboxylic acids is 1. The Balaban J connectivity index is 1.77. The van der Waals surface area contributed by atoms with Gasteiger partial charge in [-0.2, -0.15) is 0 Å². The maximum absolute atomic E-state index is 12.0. The molecular formula is C18H22N2O4S. The standard InChI is InChI=1S/C18H22N2O4S/c1-11-7-4-5-8-14(11)24-10-6-9-15(21)19-13(3)17-20-12(2)16(25-17)18(22)23/h4-5,7-8,13H,6,9-10H2,1-3H3,(H,19,21)(H,22,23). The minimum Gasteiger partial charge on any atom is -0.493 e. The zero-order valence-electron chi connectivity index (χ0n) is 14.5. The first kappa shape index (κ1) is 18.9. The fourth-order valence-corrected chi connectivity index (χ4v) is 3.22. The Hall–Kier alpha value is -2.41. The Kier molecular flexibility index (Phi) is 6.52. The number of carbonyl (C=O) groups is 2. The van der Waals surface area contributed by atoms with Gasteiger partial charge in [-0.15, -0.1) is 11.3 Å². The van der Waals surface area contributed by atoms with Crippen LogP contribution in [0, 0.1) is 13.8 Å². The minimum atomic E-state index is -0.992. The van der Waals surface area contributed by atoms with Gasteiger partial charge in [-0.05, 0) is 38.8 Å². The third-order valence-electron chi connectivity index (χ3n) is 3.65. The molecule has 1 heterocycles. The first-order valence-electron chi connectivity index (χ1n) is 8.07. The van der Waals surface area contributed by atoms with E-state index in [1.165, 1.54) is 0 Å². The molecule has 2 rings (SSSR count). The number of aryl methyl sites for hydroxylation is 2. The van der Waals surface area contributed by atoms with Crippen molar-refractivity contribution in [2.24, 2.45) is 0 Å². The molecule has 0 aliphatic rings. The van der Waals surface area contributed by atoms with E-state index in [2.05, 4.69) is 10.3 Å². The summed E-state index contributed by atoms with van der Waals surface area (Å²) in [5.41, 5.74) is 1.54. The monoisotopic (exact) mass is 362 g/mol. The van der Waals surface area contributed by atoms with Gasteiger partial charge in [-0.25, -0.2) is 9.78 Å². The molecule has 1 amide bonds. The second-order valence-corrected chi connectivity index (χ2v) is 6.81. The number of rotatable bonds is 8. The smallest absolute Gasteiger partial charge is 0.347 e. The Labute approximate surface area is 150 Å². The number of amides is 1. The van der Waals surface area contributed by atoms with Crippen LogP contribution in [0.25, 0.3) is 0 Å². The van der Waals surface area contributed by atoms with Crippen molar-refractivity contribution in [3.63, 3.8) is 0 Å². The van der Waals surface area contributed by atoms with E-state index >= 15 is 0 Å². The summed E-state index contributed by atoms with van der Waals surface area (Å²) >= 11 is 1.09. The predicted octanol–water partition coefficient (Wildman–Crippen LogP) is 3.49. The van der Waals surface area contributed by atoms with Gasteiger partial charge in [0.05, 0.1) is 18.3 Å². The van der Waals surface area contributed by atoms with Gasteiger partial charge in [0, 0.05) is 6.42 Å². The van der Waals surface area contributed by atoms with Crippen LogP contribution >= 0.6 is 11.3 Å². The Bertz CT molecular complexity index is 757. The zero-order valence-corrected chi connectivity index (χ0v) is 15.4. The van der Waals surface area contributed by atoms with Crippen LogP contribution in [0.5, 0.6) is 5.75 Å². The molecular weight excluding hydrogens is 340 g/mol. The van der Waals surface area contributed by atoms with Crippen LogP contribution < -0.4 is 10.1 Å². The van der Waals surface area contributed by atoms with Gasteiger partial charge in [0.1, 0.15) is 15.6 Å². The van der Waals surface area contributed by atoms with Crippen molar-refractivity contribution >= 4 is 23.2 Å². The summed E-state index contributed by atoms with van der Waals surface area (Å²) in [6.45, 7) is 5.89. The van der Waals surface area contributed by atoms with Crippen molar-refractivity contribution in [1.29, 1.82) is 0 Å². The molecule has 25 heavy (non-hydrogen) atoms. The second-order valence-electron chi connectivity index (χ2n) is 5.78. The molecule has 0 saturated heterocycles. The Morgan fingerprint density at radius 2 is 2.04 bits per heavy atom. The first-order valence-corrected chi connectivity index (χ1v) is 8.88. The number of carboxylic acid groups (broad SMARTS) is 1. The second kappa shape index (κ2) is 8.62. The van der Waals surface area contributed by atoms with Crippen molar-refractivity contribution in [2.45, 2.75) is 39.7 Å². The average molecular weight is 362 g/mol. The number of nitrogens with zero attached hydrogens (tertiary/aromatic N) is 1. The number of nitrogens with one attached hydrogen (secondary N) is 1. The first-order chi connectivity index (χ1) is 11.9. The van der Waals surface area contributed by atoms with Crippen LogP contribution in [0.15, 0.2) is 24.3 Å². The van der Waals surface area contributed by atoms with E-state index in [0.29, 0.717) is 30.2 Å². The number of thiazole rings is 1. The molecule has 0 bridgehead atoms. The maximum Gasteiger partial charge on any atom is 0.347 e. The van der Waals surface area contributed by atoms with Gasteiger partial charge in [0.25, 0.3) is 0 Å². The molecule has 2 aromatic rings. The molecule has 6 nitrogen and oxygen atoms in total. The highest BCUT2D eigenvalue weighted by Crippen LogP contribution is 2.23. The summed E-state index contributed by atoms with van der Waals surface area (Å²) in [5.74, 6) is -0.269. The number of hydrogen-bond acceptors (Lipinski definition) is 5. The van der Waals surface area contributed by atoms with E-state index in [0.717, 1.165) is 22.6 Å². The summed E-state index contributed by atoms with van der Waals surface area (Å²) in [6.07, 6.45) is 0.941. The van der Waals surface area contributed by atoms with Crippen molar-refractivity contribution in [1.82, 2.24) is 10.3 Å². The largest absolute Gasteiger partial charge is 0.493 e. The predicted molar refractivity (Wildman–Crippen MR) is 96.3 cm³/mol. The van der Waals surface area contributed by atoms with Gasteiger partial charge < -0.3 is 15.2 Å². The summed E-state index contributed by atoms with van der Waals surface area (Å²) in [7, 11) is 0. The quantitative estimate of drug-likeness (QED) is 0.702. The lowest BCUT2D eigenvalue weighted by Crippen LogP contribution is -2.26. The Morgan fingerprint density at radius 3 is 2.68 bits per heavy atom. The molecule has 7 heteroatoms. The number of hydrogen-bond donors (Lipinski definition) is 2. The molecule has 1 aromatic carbocycles. The highest BCUT2D eigenvalue weighted by Gasteiger charge is 2.19. The van der Waals surface area contributed by atoms with Crippen LogP contribution in [0.4, 0.5) is 0 Å². The van der Waals surface area contributed by atoms with E-state index in [9.17, 15) is 9.59 Å². The van der Waals surface area contributed by atoms with Gasteiger partial charge in [0.15, 0.2) is 0 Å². The number of aromatic nitrogens is 1. The average Bonchev–Trinajstić information content (AvgIpc) is 2.95. The number of para-hydroxylation sites is 1. The van der Waals surface area contributed by atoms with E-state index < -0.39 is 5.97 Å². The summed E-state index contributed by atoms with van der Waals surface area (Å²) < 4.78 is 5.67. The van der Waals surface area contributed by atoms with E-state index in [1.54, 1.807) is 13.8 Å². The van der Waals surface area contributed by atoms with Gasteiger partial charge in [0.2, 0.25) is 5.91 Å². The number of ether oxygens (including phenoxy) is 1. The molecule has 1 aromatic heterocycles. The van der Waals surface area contributed by atoms with Crippen molar-refractivity contribution in [2.75, 3.05) is 6.61 Å². The highest BCUT2D eigenvalue weighted by molar-refractivity contribution is 7.13. The third kappa shape index (κ3) is 5.29. The van der Waals surface area contributed by atoms with E-state index in [1.807, 2.05) is 31.2 Å². The molecule has 0 aliphatic heterocycles. The van der Waals surface area contributed by atoms with Gasteiger partial charge >= 0.3 is 5.97 Å².